The number of ether oxygens (including phenoxy) is 1. The van der Waals surface area contributed by atoms with Crippen molar-refractivity contribution in [2.24, 2.45) is 0 Å². The Kier molecular flexibility index (Phi) is 5.10. The van der Waals surface area contributed by atoms with Crippen LogP contribution in [0.5, 0.6) is 5.75 Å². The van der Waals surface area contributed by atoms with Gasteiger partial charge in [-0.15, -0.1) is 0 Å². The first-order chi connectivity index (χ1) is 13.7. The molecule has 3 aromatic rings. The van der Waals surface area contributed by atoms with Gasteiger partial charge in [0.1, 0.15) is 11.6 Å². The van der Waals surface area contributed by atoms with E-state index in [2.05, 4.69) is 10.3 Å². The van der Waals surface area contributed by atoms with Gasteiger partial charge in [0.05, 0.1) is 23.9 Å². The van der Waals surface area contributed by atoms with Gasteiger partial charge in [-0.2, -0.15) is 0 Å². The maximum Gasteiger partial charge on any atom is 0.257 e. The number of pyridine rings is 1. The van der Waals surface area contributed by atoms with Crippen LogP contribution in [0.2, 0.25) is 0 Å². The van der Waals surface area contributed by atoms with Gasteiger partial charge >= 0.3 is 0 Å². The standard InChI is InChI=1S/C22H22FN3O2/c1-28-20-7-3-2-6-15(20)13-25-21-17-12-16(23)8-9-19(17)24-14-18(21)22(27)26-10-4-5-11-26/h2-3,6-9,12,14H,4-5,10-11,13H2,1H3,(H,24,25). The van der Waals surface area contributed by atoms with Crippen LogP contribution in [-0.2, 0) is 6.54 Å². The minimum Gasteiger partial charge on any atom is -0.496 e. The highest BCUT2D eigenvalue weighted by molar-refractivity contribution is 6.07. The zero-order valence-electron chi connectivity index (χ0n) is 15.7. The summed E-state index contributed by atoms with van der Waals surface area (Å²) in [5.74, 6) is 0.325. The summed E-state index contributed by atoms with van der Waals surface area (Å²) in [7, 11) is 1.62. The number of halogens is 1. The second-order valence-electron chi connectivity index (χ2n) is 6.87. The number of anilines is 1. The molecule has 0 saturated carbocycles. The van der Waals surface area contributed by atoms with Crippen LogP contribution in [0.3, 0.4) is 0 Å². The molecule has 0 atom stereocenters. The lowest BCUT2D eigenvalue weighted by atomic mass is 10.1. The molecule has 0 aliphatic carbocycles. The van der Waals surface area contributed by atoms with E-state index < -0.39 is 0 Å². The van der Waals surface area contributed by atoms with E-state index in [4.69, 9.17) is 4.74 Å². The average Bonchev–Trinajstić information content (AvgIpc) is 3.26. The topological polar surface area (TPSA) is 54.5 Å². The quantitative estimate of drug-likeness (QED) is 0.721. The van der Waals surface area contributed by atoms with Crippen LogP contribution in [0, 0.1) is 5.82 Å². The van der Waals surface area contributed by atoms with E-state index in [1.807, 2.05) is 29.2 Å². The number of methoxy groups -OCH3 is 1. The molecule has 4 rings (SSSR count). The molecule has 1 aliphatic heterocycles. The molecule has 2 heterocycles. The van der Waals surface area contributed by atoms with Crippen LogP contribution < -0.4 is 10.1 Å². The van der Waals surface area contributed by atoms with Gasteiger partial charge in [-0.25, -0.2) is 4.39 Å². The lowest BCUT2D eigenvalue weighted by molar-refractivity contribution is 0.0793. The third-order valence-corrected chi connectivity index (χ3v) is 5.10. The molecule has 28 heavy (non-hydrogen) atoms. The van der Waals surface area contributed by atoms with E-state index in [1.165, 1.54) is 12.1 Å². The molecule has 144 valence electrons. The van der Waals surface area contributed by atoms with E-state index in [-0.39, 0.29) is 11.7 Å². The number of rotatable bonds is 5. The fourth-order valence-electron chi connectivity index (χ4n) is 3.64. The monoisotopic (exact) mass is 379 g/mol. The van der Waals surface area contributed by atoms with Crippen molar-refractivity contribution in [3.8, 4) is 5.75 Å². The van der Waals surface area contributed by atoms with Crippen molar-refractivity contribution in [1.82, 2.24) is 9.88 Å². The predicted octanol–water partition coefficient (Wildman–Crippen LogP) is 4.23. The van der Waals surface area contributed by atoms with E-state index >= 15 is 0 Å². The van der Waals surface area contributed by atoms with Crippen LogP contribution in [-0.4, -0.2) is 36.0 Å². The van der Waals surface area contributed by atoms with Gasteiger partial charge in [0.25, 0.3) is 5.91 Å². The van der Waals surface area contributed by atoms with Crippen molar-refractivity contribution in [1.29, 1.82) is 0 Å². The lowest BCUT2D eigenvalue weighted by Crippen LogP contribution is -2.28. The van der Waals surface area contributed by atoms with E-state index in [0.29, 0.717) is 28.7 Å². The molecule has 1 aromatic heterocycles. The van der Waals surface area contributed by atoms with Gasteiger partial charge in [0.2, 0.25) is 0 Å². The first-order valence-corrected chi connectivity index (χ1v) is 9.40. The summed E-state index contributed by atoms with van der Waals surface area (Å²) in [5, 5.41) is 3.94. The van der Waals surface area contributed by atoms with Crippen LogP contribution >= 0.6 is 0 Å². The second kappa shape index (κ2) is 7.84. The Morgan fingerprint density at radius 2 is 2.00 bits per heavy atom. The summed E-state index contributed by atoms with van der Waals surface area (Å²) in [4.78, 5) is 19.3. The number of hydrogen-bond donors (Lipinski definition) is 1. The fourth-order valence-corrected chi connectivity index (χ4v) is 3.64. The number of likely N-dealkylation sites (tertiary alicyclic amines) is 1. The molecule has 1 fully saturated rings. The Hall–Kier alpha value is -3.15. The largest absolute Gasteiger partial charge is 0.496 e. The summed E-state index contributed by atoms with van der Waals surface area (Å²) < 4.78 is 19.4. The van der Waals surface area contributed by atoms with Crippen molar-refractivity contribution in [2.75, 3.05) is 25.5 Å². The normalized spacial score (nSPS) is 13.7. The van der Waals surface area contributed by atoms with Crippen molar-refractivity contribution < 1.29 is 13.9 Å². The number of carbonyl (C=O) groups is 1. The van der Waals surface area contributed by atoms with Gasteiger partial charge in [-0.1, -0.05) is 18.2 Å². The molecule has 1 aliphatic rings. The Morgan fingerprint density at radius 3 is 2.79 bits per heavy atom. The zero-order valence-corrected chi connectivity index (χ0v) is 15.7. The summed E-state index contributed by atoms with van der Waals surface area (Å²) in [6.45, 7) is 1.93. The molecule has 1 amide bonds. The van der Waals surface area contributed by atoms with Crippen molar-refractivity contribution in [3.05, 3.63) is 65.6 Å². The number of hydrogen-bond acceptors (Lipinski definition) is 4. The van der Waals surface area contributed by atoms with E-state index in [9.17, 15) is 9.18 Å². The Balaban J connectivity index is 1.75. The summed E-state index contributed by atoms with van der Waals surface area (Å²) in [6, 6.07) is 12.1. The Morgan fingerprint density at radius 1 is 1.21 bits per heavy atom. The van der Waals surface area contributed by atoms with Crippen LogP contribution in [0.15, 0.2) is 48.7 Å². The molecule has 0 unspecified atom stereocenters. The van der Waals surface area contributed by atoms with Crippen LogP contribution in [0.4, 0.5) is 10.1 Å². The number of amides is 1. The Bertz CT molecular complexity index is 1020. The molecular weight excluding hydrogens is 357 g/mol. The molecule has 1 N–H and O–H groups in total. The first-order valence-electron chi connectivity index (χ1n) is 9.40. The molecule has 0 spiro atoms. The molecule has 5 nitrogen and oxygen atoms in total. The number of para-hydroxylation sites is 1. The summed E-state index contributed by atoms with van der Waals surface area (Å²) in [6.07, 6.45) is 3.60. The molecule has 0 bridgehead atoms. The van der Waals surface area contributed by atoms with Crippen molar-refractivity contribution in [3.63, 3.8) is 0 Å². The maximum absolute atomic E-state index is 14.0. The van der Waals surface area contributed by atoms with Gasteiger partial charge in [0.15, 0.2) is 0 Å². The molecule has 0 radical (unpaired) electrons. The first kappa shape index (κ1) is 18.2. The summed E-state index contributed by atoms with van der Waals surface area (Å²) in [5.41, 5.74) is 2.66. The third kappa shape index (κ3) is 3.50. The van der Waals surface area contributed by atoms with E-state index in [0.717, 1.165) is 37.2 Å². The maximum atomic E-state index is 14.0. The smallest absolute Gasteiger partial charge is 0.257 e. The zero-order chi connectivity index (χ0) is 19.5. The van der Waals surface area contributed by atoms with Crippen molar-refractivity contribution >= 4 is 22.5 Å². The number of aromatic nitrogens is 1. The number of nitrogens with one attached hydrogen (secondary N) is 1. The minimum atomic E-state index is -0.361. The predicted molar refractivity (Wildman–Crippen MR) is 107 cm³/mol. The van der Waals surface area contributed by atoms with Gasteiger partial charge in [0, 0.05) is 36.8 Å². The van der Waals surface area contributed by atoms with Gasteiger partial charge < -0.3 is 15.0 Å². The van der Waals surface area contributed by atoms with Crippen molar-refractivity contribution in [2.45, 2.75) is 19.4 Å². The Labute approximate surface area is 163 Å². The number of benzene rings is 2. The lowest BCUT2D eigenvalue weighted by Gasteiger charge is -2.20. The van der Waals surface area contributed by atoms with Crippen LogP contribution in [0.25, 0.3) is 10.9 Å². The highest BCUT2D eigenvalue weighted by atomic mass is 19.1. The average molecular weight is 379 g/mol. The molecular formula is C22H22FN3O2. The summed E-state index contributed by atoms with van der Waals surface area (Å²) >= 11 is 0. The fraction of sp³-hybridized carbons (Fsp3) is 0.273. The minimum absolute atomic E-state index is 0.0707. The molecule has 6 heteroatoms. The third-order valence-electron chi connectivity index (χ3n) is 5.10. The number of nitrogens with zero attached hydrogens (tertiary/aromatic N) is 2. The molecule has 2 aromatic carbocycles. The van der Waals surface area contributed by atoms with Gasteiger partial charge in [-0.05, 0) is 37.1 Å². The number of fused-ring (bicyclic) bond motifs is 1. The van der Waals surface area contributed by atoms with Crippen LogP contribution in [0.1, 0.15) is 28.8 Å². The number of carbonyl (C=O) groups excluding carboxylic acids is 1. The van der Waals surface area contributed by atoms with E-state index in [1.54, 1.807) is 19.4 Å². The highest BCUT2D eigenvalue weighted by Crippen LogP contribution is 2.30. The second-order valence-corrected chi connectivity index (χ2v) is 6.87. The SMILES string of the molecule is COc1ccccc1CNc1c(C(=O)N2CCCC2)cnc2ccc(F)cc12. The molecule has 1 saturated heterocycles. The highest BCUT2D eigenvalue weighted by Gasteiger charge is 2.24. The van der Waals surface area contributed by atoms with Gasteiger partial charge in [-0.3, -0.25) is 9.78 Å².